The molecule has 0 aromatic heterocycles. The molecule has 4 aliphatic rings. The number of piperazine rings is 1. The van der Waals surface area contributed by atoms with E-state index >= 15 is 0 Å². The summed E-state index contributed by atoms with van der Waals surface area (Å²) >= 11 is 0. The second-order valence-electron chi connectivity index (χ2n) is 8.84. The van der Waals surface area contributed by atoms with Crippen molar-refractivity contribution in [1.82, 2.24) is 10.2 Å². The molecule has 3 atom stereocenters. The Kier molecular flexibility index (Phi) is 5.04. The molecule has 0 spiro atoms. The van der Waals surface area contributed by atoms with Crippen LogP contribution in [-0.2, 0) is 4.79 Å². The second kappa shape index (κ2) is 7.83. The van der Waals surface area contributed by atoms with E-state index in [4.69, 9.17) is 4.74 Å². The normalized spacial score (nSPS) is 26.7. The van der Waals surface area contributed by atoms with Crippen LogP contribution in [0.15, 0.2) is 48.5 Å². The van der Waals surface area contributed by atoms with Crippen molar-refractivity contribution >= 4 is 5.91 Å². The van der Waals surface area contributed by atoms with Gasteiger partial charge in [0.05, 0.1) is 7.11 Å². The van der Waals surface area contributed by atoms with Gasteiger partial charge in [-0.3, -0.25) is 4.79 Å². The molecule has 1 amide bonds. The number of benzene rings is 2. The van der Waals surface area contributed by atoms with Gasteiger partial charge < -0.3 is 15.0 Å². The predicted octanol–water partition coefficient (Wildman–Crippen LogP) is 4.21. The fraction of sp³-hybridized carbons (Fsp3) is 0.480. The van der Waals surface area contributed by atoms with Gasteiger partial charge in [-0.05, 0) is 41.7 Å². The molecule has 1 N–H and O–H groups in total. The van der Waals surface area contributed by atoms with Crippen molar-refractivity contribution in [3.05, 3.63) is 54.1 Å². The van der Waals surface area contributed by atoms with Gasteiger partial charge in [0.2, 0.25) is 5.91 Å². The predicted molar refractivity (Wildman–Crippen MR) is 115 cm³/mol. The minimum Gasteiger partial charge on any atom is -0.497 e. The molecule has 1 unspecified atom stereocenters. The molecule has 1 aliphatic carbocycles. The molecule has 0 radical (unpaired) electrons. The topological polar surface area (TPSA) is 41.6 Å². The van der Waals surface area contributed by atoms with Gasteiger partial charge in [-0.15, -0.1) is 0 Å². The van der Waals surface area contributed by atoms with E-state index in [9.17, 15) is 4.79 Å². The molecule has 2 aromatic rings. The molecule has 2 aromatic carbocycles. The van der Waals surface area contributed by atoms with Crippen LogP contribution < -0.4 is 10.1 Å². The van der Waals surface area contributed by atoms with E-state index in [1.165, 1.54) is 36.0 Å². The maximum Gasteiger partial charge on any atom is 0.225 e. The molecule has 4 nitrogen and oxygen atoms in total. The van der Waals surface area contributed by atoms with Crippen molar-refractivity contribution in [2.75, 3.05) is 20.2 Å². The van der Waals surface area contributed by atoms with E-state index in [2.05, 4.69) is 46.6 Å². The Balaban J connectivity index is 1.25. The number of ether oxygens (including phenoxy) is 1. The average molecular weight is 391 g/mol. The fourth-order valence-electron chi connectivity index (χ4n) is 5.48. The number of rotatable bonds is 4. The molecule has 152 valence electrons. The van der Waals surface area contributed by atoms with Crippen LogP contribution in [0.25, 0.3) is 11.1 Å². The van der Waals surface area contributed by atoms with Gasteiger partial charge in [-0.25, -0.2) is 0 Å². The highest BCUT2D eigenvalue weighted by atomic mass is 16.5. The Morgan fingerprint density at radius 2 is 1.69 bits per heavy atom. The summed E-state index contributed by atoms with van der Waals surface area (Å²) in [4.78, 5) is 15.0. The van der Waals surface area contributed by atoms with Gasteiger partial charge in [0.1, 0.15) is 5.75 Å². The highest BCUT2D eigenvalue weighted by molar-refractivity contribution is 5.79. The zero-order chi connectivity index (χ0) is 19.8. The first-order valence-electron chi connectivity index (χ1n) is 11.0. The van der Waals surface area contributed by atoms with E-state index in [1.54, 1.807) is 7.11 Å². The average Bonchev–Trinajstić information content (AvgIpc) is 2.79. The second-order valence-corrected chi connectivity index (χ2v) is 8.84. The lowest BCUT2D eigenvalue weighted by Gasteiger charge is -2.55. The number of hydrogen-bond donors (Lipinski definition) is 1. The molecule has 29 heavy (non-hydrogen) atoms. The lowest BCUT2D eigenvalue weighted by molar-refractivity contribution is -0.141. The molecule has 4 heteroatoms. The van der Waals surface area contributed by atoms with Crippen LogP contribution in [0.2, 0.25) is 0 Å². The van der Waals surface area contributed by atoms with Crippen LogP contribution in [0.3, 0.4) is 0 Å². The largest absolute Gasteiger partial charge is 0.497 e. The van der Waals surface area contributed by atoms with E-state index in [-0.39, 0.29) is 5.92 Å². The van der Waals surface area contributed by atoms with Crippen LogP contribution in [0.1, 0.15) is 43.6 Å². The van der Waals surface area contributed by atoms with Crippen LogP contribution in [0.4, 0.5) is 0 Å². The number of piperidine rings is 1. The molecule has 3 heterocycles. The van der Waals surface area contributed by atoms with E-state index < -0.39 is 0 Å². The summed E-state index contributed by atoms with van der Waals surface area (Å²) in [5, 5.41) is 3.67. The number of nitrogens with one attached hydrogen (secondary N) is 1. The third-order valence-electron chi connectivity index (χ3n) is 7.09. The summed E-state index contributed by atoms with van der Waals surface area (Å²) in [6, 6.07) is 17.9. The van der Waals surface area contributed by atoms with E-state index in [1.807, 2.05) is 12.1 Å². The summed E-state index contributed by atoms with van der Waals surface area (Å²) < 4.78 is 5.35. The minimum atomic E-state index is 0.279. The van der Waals surface area contributed by atoms with Crippen LogP contribution in [0, 0.1) is 5.92 Å². The smallest absolute Gasteiger partial charge is 0.225 e. The summed E-state index contributed by atoms with van der Waals surface area (Å²) in [6.07, 6.45) is 5.92. The monoisotopic (exact) mass is 390 g/mol. The number of hydrogen-bond acceptors (Lipinski definition) is 3. The standard InChI is InChI=1S/C25H30N2O2/c1-29-21-9-5-8-20(14-21)17-10-12-18(13-11-17)24-22-15-27(16-23(24)26-22)25(28)19-6-3-2-4-7-19/h5,8-14,19,22-24,26H,2-4,6-7,15-16H2,1H3/t22-,23+,24?. The summed E-state index contributed by atoms with van der Waals surface area (Å²) in [7, 11) is 1.70. The van der Waals surface area contributed by atoms with Gasteiger partial charge in [0.15, 0.2) is 0 Å². The fourth-order valence-corrected chi connectivity index (χ4v) is 5.48. The zero-order valence-electron chi connectivity index (χ0n) is 17.1. The summed E-state index contributed by atoms with van der Waals surface area (Å²) in [5.74, 6) is 2.09. The Morgan fingerprint density at radius 1 is 0.966 bits per heavy atom. The Bertz CT molecular complexity index is 861. The molecule has 3 aliphatic heterocycles. The Labute approximate surface area is 173 Å². The first-order chi connectivity index (χ1) is 14.2. The van der Waals surface area contributed by atoms with Crippen molar-refractivity contribution < 1.29 is 9.53 Å². The van der Waals surface area contributed by atoms with Crippen molar-refractivity contribution in [2.24, 2.45) is 5.92 Å². The Morgan fingerprint density at radius 3 is 2.38 bits per heavy atom. The zero-order valence-corrected chi connectivity index (χ0v) is 17.1. The summed E-state index contributed by atoms with van der Waals surface area (Å²) in [6.45, 7) is 1.71. The van der Waals surface area contributed by atoms with Crippen LogP contribution >= 0.6 is 0 Å². The first-order valence-corrected chi connectivity index (χ1v) is 11.0. The van der Waals surface area contributed by atoms with Gasteiger partial charge in [0, 0.05) is 37.0 Å². The van der Waals surface area contributed by atoms with Crippen molar-refractivity contribution in [2.45, 2.75) is 50.1 Å². The van der Waals surface area contributed by atoms with Crippen LogP contribution in [-0.4, -0.2) is 43.1 Å². The molecule has 6 rings (SSSR count). The SMILES string of the molecule is COc1cccc(-c2ccc(C3[C@@H]4CN(C(=O)C5CCCCC5)C[C@H]3N4)cc2)c1. The third kappa shape index (κ3) is 3.55. The van der Waals surface area contributed by atoms with E-state index in [0.717, 1.165) is 31.7 Å². The van der Waals surface area contributed by atoms with Gasteiger partial charge >= 0.3 is 0 Å². The van der Waals surface area contributed by atoms with E-state index in [0.29, 0.717) is 23.9 Å². The van der Waals surface area contributed by atoms with Crippen molar-refractivity contribution in [1.29, 1.82) is 0 Å². The molecule has 3 saturated heterocycles. The Hall–Kier alpha value is -2.33. The number of amides is 1. The molecular weight excluding hydrogens is 360 g/mol. The lowest BCUT2D eigenvalue weighted by atomic mass is 9.73. The molecule has 1 saturated carbocycles. The van der Waals surface area contributed by atoms with Crippen LogP contribution in [0.5, 0.6) is 5.75 Å². The number of fused-ring (bicyclic) bond motifs is 2. The molecule has 4 fully saturated rings. The number of nitrogens with zero attached hydrogens (tertiary/aromatic N) is 1. The molecular formula is C25H30N2O2. The number of carbonyl (C=O) groups excluding carboxylic acids is 1. The highest BCUT2D eigenvalue weighted by Gasteiger charge is 2.48. The lowest BCUT2D eigenvalue weighted by Crippen LogP contribution is -2.72. The highest BCUT2D eigenvalue weighted by Crippen LogP contribution is 2.39. The molecule has 2 bridgehead atoms. The number of carbonyl (C=O) groups is 1. The maximum absolute atomic E-state index is 12.9. The first kappa shape index (κ1) is 18.7. The van der Waals surface area contributed by atoms with Gasteiger partial charge in [-0.2, -0.15) is 0 Å². The third-order valence-corrected chi connectivity index (χ3v) is 7.09. The quantitative estimate of drug-likeness (QED) is 0.850. The minimum absolute atomic E-state index is 0.279. The van der Waals surface area contributed by atoms with Crippen molar-refractivity contribution in [3.8, 4) is 16.9 Å². The van der Waals surface area contributed by atoms with Gasteiger partial charge in [-0.1, -0.05) is 55.7 Å². The summed E-state index contributed by atoms with van der Waals surface area (Å²) in [5.41, 5.74) is 3.77. The number of methoxy groups -OCH3 is 1. The van der Waals surface area contributed by atoms with Gasteiger partial charge in [0.25, 0.3) is 0 Å². The maximum atomic E-state index is 12.9. The van der Waals surface area contributed by atoms with Crippen molar-refractivity contribution in [3.63, 3.8) is 0 Å².